The molecule has 0 fully saturated rings. The summed E-state index contributed by atoms with van der Waals surface area (Å²) in [6, 6.07) is 9.78. The Morgan fingerprint density at radius 1 is 0.853 bits per heavy atom. The number of nitrogens with one attached hydrogen (secondary N) is 2. The zero-order valence-electron chi connectivity index (χ0n) is 18.5. The first-order valence-corrected chi connectivity index (χ1v) is 10.1. The van der Waals surface area contributed by atoms with Crippen molar-refractivity contribution in [2.75, 3.05) is 23.8 Å². The molecular weight excluding hydrogens is 440 g/mol. The van der Waals surface area contributed by atoms with E-state index in [1.807, 2.05) is 6.92 Å². The van der Waals surface area contributed by atoms with Crippen LogP contribution in [-0.2, 0) is 19.1 Å². The fraction of sp³-hybridized carbons (Fsp3) is 0.333. The maximum atomic E-state index is 12.1. The van der Waals surface area contributed by atoms with Crippen molar-refractivity contribution in [1.82, 2.24) is 0 Å². The molecule has 2 rings (SSSR count). The molecule has 0 radical (unpaired) electrons. The molecule has 0 heterocycles. The minimum absolute atomic E-state index is 0. The minimum Gasteiger partial charge on any atom is -0.449 e. The molecule has 0 saturated carbocycles. The second-order valence-corrected chi connectivity index (χ2v) is 7.13. The fourth-order valence-electron chi connectivity index (χ4n) is 2.69. The van der Waals surface area contributed by atoms with E-state index in [9.17, 15) is 19.2 Å². The Kier molecular flexibility index (Phi) is 11.4. The lowest BCUT2D eigenvalue weighted by atomic mass is 10.1. The quantitative estimate of drug-likeness (QED) is 0.358. The molecule has 0 aliphatic heterocycles. The Bertz CT molecular complexity index is 1020. The SMILES string of the molecule is C.CCC(COC(=O)Nc1ccc(C)c(N=C=O)c1)COC(=O)Nc1ccc(C)c(N=C=O)c1. The molecule has 0 atom stereocenters. The minimum atomic E-state index is -0.689. The van der Waals surface area contributed by atoms with Gasteiger partial charge in [0.15, 0.2) is 0 Å². The second kappa shape index (κ2) is 14.0. The molecule has 2 aromatic rings. The zero-order chi connectivity index (χ0) is 24.2. The van der Waals surface area contributed by atoms with Gasteiger partial charge in [-0.15, -0.1) is 0 Å². The van der Waals surface area contributed by atoms with Crippen LogP contribution in [0, 0.1) is 19.8 Å². The van der Waals surface area contributed by atoms with Crippen molar-refractivity contribution in [3.63, 3.8) is 0 Å². The molecule has 0 saturated heterocycles. The summed E-state index contributed by atoms with van der Waals surface area (Å²) in [5, 5.41) is 5.12. The lowest BCUT2D eigenvalue weighted by molar-refractivity contribution is 0.0963. The molecule has 0 aromatic heterocycles. The number of aliphatic imine (C=N–C) groups is 2. The van der Waals surface area contributed by atoms with Gasteiger partial charge in [-0.05, 0) is 55.7 Å². The molecule has 10 heteroatoms. The molecule has 180 valence electrons. The Labute approximate surface area is 198 Å². The van der Waals surface area contributed by atoms with Crippen LogP contribution in [0.1, 0.15) is 31.9 Å². The van der Waals surface area contributed by atoms with E-state index in [4.69, 9.17) is 9.47 Å². The molecule has 2 N–H and O–H groups in total. The number of rotatable bonds is 9. The number of carbonyl (C=O) groups is 2. The highest BCUT2D eigenvalue weighted by Gasteiger charge is 2.14. The average Bonchev–Trinajstić information content (AvgIpc) is 2.79. The van der Waals surface area contributed by atoms with E-state index in [1.54, 1.807) is 38.1 Å². The van der Waals surface area contributed by atoms with Crippen LogP contribution >= 0.6 is 0 Å². The van der Waals surface area contributed by atoms with E-state index in [0.717, 1.165) is 11.1 Å². The van der Waals surface area contributed by atoms with Gasteiger partial charge in [0.2, 0.25) is 12.2 Å². The largest absolute Gasteiger partial charge is 0.449 e. The second-order valence-electron chi connectivity index (χ2n) is 7.13. The topological polar surface area (TPSA) is 136 Å². The van der Waals surface area contributed by atoms with Crippen molar-refractivity contribution in [3.8, 4) is 0 Å². The summed E-state index contributed by atoms with van der Waals surface area (Å²) in [7, 11) is 0. The van der Waals surface area contributed by atoms with Crippen molar-refractivity contribution in [3.05, 3.63) is 47.5 Å². The number of nitrogens with zero attached hydrogens (tertiary/aromatic N) is 2. The van der Waals surface area contributed by atoms with Crippen molar-refractivity contribution in [2.45, 2.75) is 34.6 Å². The maximum absolute atomic E-state index is 12.1. The van der Waals surface area contributed by atoms with Gasteiger partial charge in [-0.1, -0.05) is 26.5 Å². The van der Waals surface area contributed by atoms with Crippen LogP contribution < -0.4 is 10.6 Å². The standard InChI is InChI=1S/C23H24N4O6.CH4/c1-4-17(11-32-22(30)26-18-7-5-15(2)20(9-18)24-13-28)12-33-23(31)27-19-8-6-16(3)21(10-19)25-14-29;/h5-10,17H,4,11-12H2,1-3H3,(H,26,30)(H,27,31);1H4. The smallest absolute Gasteiger partial charge is 0.411 e. The van der Waals surface area contributed by atoms with Crippen LogP contribution in [0.3, 0.4) is 0 Å². The van der Waals surface area contributed by atoms with E-state index in [1.165, 1.54) is 24.3 Å². The van der Waals surface area contributed by atoms with Crippen LogP contribution in [-0.4, -0.2) is 37.6 Å². The Morgan fingerprint density at radius 3 is 1.62 bits per heavy atom. The fourth-order valence-corrected chi connectivity index (χ4v) is 2.69. The van der Waals surface area contributed by atoms with Crippen molar-refractivity contribution >= 4 is 47.1 Å². The molecular formula is C24H28N4O6. The third kappa shape index (κ3) is 8.70. The summed E-state index contributed by atoms with van der Waals surface area (Å²) < 4.78 is 10.4. The molecule has 0 aliphatic rings. The lowest BCUT2D eigenvalue weighted by Crippen LogP contribution is -2.24. The molecule has 0 spiro atoms. The lowest BCUT2D eigenvalue weighted by Gasteiger charge is -2.16. The first-order chi connectivity index (χ1) is 15.9. The van der Waals surface area contributed by atoms with E-state index >= 15 is 0 Å². The van der Waals surface area contributed by atoms with E-state index in [-0.39, 0.29) is 26.6 Å². The van der Waals surface area contributed by atoms with Crippen LogP contribution in [0.5, 0.6) is 0 Å². The van der Waals surface area contributed by atoms with E-state index in [0.29, 0.717) is 29.2 Å². The molecule has 2 amide bonds. The number of hydrogen-bond acceptors (Lipinski definition) is 8. The number of hydrogen-bond donors (Lipinski definition) is 2. The number of benzene rings is 2. The molecule has 10 nitrogen and oxygen atoms in total. The Balaban J connectivity index is 0.00000578. The first kappa shape index (κ1) is 27.8. The summed E-state index contributed by atoms with van der Waals surface area (Å²) in [5.41, 5.74) is 3.15. The predicted octanol–water partition coefficient (Wildman–Crippen LogP) is 5.70. The normalized spacial score (nSPS) is 10.4. The van der Waals surface area contributed by atoms with Crippen LogP contribution in [0.15, 0.2) is 46.4 Å². The zero-order valence-corrected chi connectivity index (χ0v) is 18.5. The number of ether oxygens (including phenoxy) is 2. The van der Waals surface area contributed by atoms with Gasteiger partial charge < -0.3 is 9.47 Å². The number of carbonyl (C=O) groups excluding carboxylic acids is 4. The monoisotopic (exact) mass is 468 g/mol. The van der Waals surface area contributed by atoms with E-state index in [2.05, 4.69) is 20.6 Å². The van der Waals surface area contributed by atoms with Gasteiger partial charge >= 0.3 is 12.2 Å². The van der Waals surface area contributed by atoms with Gasteiger partial charge in [0.1, 0.15) is 0 Å². The molecule has 0 bridgehead atoms. The van der Waals surface area contributed by atoms with Crippen molar-refractivity contribution in [2.24, 2.45) is 15.9 Å². The Hall–Kier alpha value is -4.26. The third-order valence-electron chi connectivity index (χ3n) is 4.72. The van der Waals surface area contributed by atoms with Crippen molar-refractivity contribution in [1.29, 1.82) is 0 Å². The summed E-state index contributed by atoms with van der Waals surface area (Å²) in [6.45, 7) is 5.49. The summed E-state index contributed by atoms with van der Waals surface area (Å²) in [5.74, 6) is -0.219. The van der Waals surface area contributed by atoms with Crippen LogP contribution in [0.4, 0.5) is 32.3 Å². The van der Waals surface area contributed by atoms with Gasteiger partial charge in [-0.2, -0.15) is 9.98 Å². The molecule has 34 heavy (non-hydrogen) atoms. The highest BCUT2D eigenvalue weighted by Crippen LogP contribution is 2.24. The van der Waals surface area contributed by atoms with Crippen LogP contribution in [0.2, 0.25) is 0 Å². The number of anilines is 2. The van der Waals surface area contributed by atoms with Gasteiger partial charge in [0, 0.05) is 17.3 Å². The number of amides is 2. The van der Waals surface area contributed by atoms with Crippen LogP contribution in [0.25, 0.3) is 0 Å². The third-order valence-corrected chi connectivity index (χ3v) is 4.72. The van der Waals surface area contributed by atoms with Gasteiger partial charge in [-0.3, -0.25) is 10.6 Å². The number of isocyanates is 2. The van der Waals surface area contributed by atoms with Gasteiger partial charge in [0.25, 0.3) is 0 Å². The summed E-state index contributed by atoms with van der Waals surface area (Å²) >= 11 is 0. The van der Waals surface area contributed by atoms with Crippen molar-refractivity contribution < 1.29 is 28.7 Å². The predicted molar refractivity (Wildman–Crippen MR) is 128 cm³/mol. The maximum Gasteiger partial charge on any atom is 0.411 e. The van der Waals surface area contributed by atoms with Gasteiger partial charge in [0.05, 0.1) is 24.6 Å². The highest BCUT2D eigenvalue weighted by molar-refractivity contribution is 5.86. The Morgan fingerprint density at radius 2 is 1.26 bits per heavy atom. The summed E-state index contributed by atoms with van der Waals surface area (Å²) in [4.78, 5) is 52.3. The molecule has 0 unspecified atom stereocenters. The van der Waals surface area contributed by atoms with E-state index < -0.39 is 12.2 Å². The first-order valence-electron chi connectivity index (χ1n) is 10.1. The highest BCUT2D eigenvalue weighted by atomic mass is 16.6. The van der Waals surface area contributed by atoms with Gasteiger partial charge in [-0.25, -0.2) is 19.2 Å². The molecule has 2 aromatic carbocycles. The number of aryl methyl sites for hydroxylation is 2. The molecule has 0 aliphatic carbocycles. The summed E-state index contributed by atoms with van der Waals surface area (Å²) in [6.07, 6.45) is 2.16. The average molecular weight is 469 g/mol.